The molecule has 1 heterocycles. The fraction of sp³-hybridized carbons (Fsp3) is 1.00. The third-order valence-electron chi connectivity index (χ3n) is 6.24. The highest BCUT2D eigenvalue weighted by Gasteiger charge is 2.71. The minimum Gasteiger partial charge on any atom is -0.374 e. The number of hydrogen-bond donors (Lipinski definition) is 0. The molecule has 0 aromatic rings. The summed E-state index contributed by atoms with van der Waals surface area (Å²) < 4.78 is 24.4. The van der Waals surface area contributed by atoms with E-state index in [1.54, 1.807) is 0 Å². The molecule has 2 bridgehead atoms. The van der Waals surface area contributed by atoms with Crippen LogP contribution in [0.5, 0.6) is 0 Å². The van der Waals surface area contributed by atoms with E-state index in [4.69, 9.17) is 18.0 Å². The van der Waals surface area contributed by atoms with Crippen molar-refractivity contribution < 1.29 is 18.0 Å². The van der Waals surface area contributed by atoms with Gasteiger partial charge in [0.2, 0.25) is 0 Å². The van der Waals surface area contributed by atoms with E-state index in [0.717, 1.165) is 17.8 Å². The summed E-state index contributed by atoms with van der Waals surface area (Å²) in [6, 6.07) is 0. The van der Waals surface area contributed by atoms with Crippen LogP contribution in [0, 0.1) is 23.7 Å². The Balaban J connectivity index is 1.58. The summed E-state index contributed by atoms with van der Waals surface area (Å²) in [5, 5.41) is 0. The summed E-state index contributed by atoms with van der Waals surface area (Å²) >= 11 is 0. The Hall–Kier alpha value is 0.0569. The molecule has 4 aliphatic rings. The molecule has 120 valence electrons. The molecular weight excluding hydrogens is 284 g/mol. The summed E-state index contributed by atoms with van der Waals surface area (Å²) in [6.45, 7) is 8.26. The molecule has 0 spiro atoms. The van der Waals surface area contributed by atoms with E-state index >= 15 is 0 Å². The number of fused-ring (bicyclic) bond motifs is 7. The fourth-order valence-electron chi connectivity index (χ4n) is 5.76. The lowest BCUT2D eigenvalue weighted by atomic mass is 9.80. The molecule has 0 amide bonds. The van der Waals surface area contributed by atoms with Crippen LogP contribution in [0.4, 0.5) is 0 Å². The molecule has 0 N–H and O–H groups in total. The minimum absolute atomic E-state index is 0.506. The standard InChI is InChI=1S/C16H28O4Si/c1-4-17-21(18-5-2,19-6-3)14-8-10-7-12(14)15-11(10)9-13-16(15)20-13/h10-16H,4-9H2,1-3H3. The van der Waals surface area contributed by atoms with Crippen molar-refractivity contribution in [3.8, 4) is 0 Å². The highest BCUT2D eigenvalue weighted by molar-refractivity contribution is 6.62. The van der Waals surface area contributed by atoms with Crippen LogP contribution in [0.1, 0.15) is 40.0 Å². The highest BCUT2D eigenvalue weighted by atomic mass is 28.4. The van der Waals surface area contributed by atoms with Crippen molar-refractivity contribution >= 4 is 8.80 Å². The molecule has 21 heavy (non-hydrogen) atoms. The van der Waals surface area contributed by atoms with Gasteiger partial charge >= 0.3 is 8.80 Å². The van der Waals surface area contributed by atoms with E-state index in [1.165, 1.54) is 19.3 Å². The van der Waals surface area contributed by atoms with Crippen LogP contribution in [0.15, 0.2) is 0 Å². The van der Waals surface area contributed by atoms with Gasteiger partial charge in [-0.05, 0) is 63.7 Å². The summed E-state index contributed by atoms with van der Waals surface area (Å²) in [4.78, 5) is 0. The van der Waals surface area contributed by atoms with Gasteiger partial charge in [0, 0.05) is 25.4 Å². The maximum absolute atomic E-state index is 6.20. The maximum atomic E-state index is 6.20. The second kappa shape index (κ2) is 5.30. The highest BCUT2D eigenvalue weighted by Crippen LogP contribution is 2.69. The monoisotopic (exact) mass is 312 g/mol. The molecule has 4 nitrogen and oxygen atoms in total. The quantitative estimate of drug-likeness (QED) is 0.535. The second-order valence-electron chi connectivity index (χ2n) is 7.02. The lowest BCUT2D eigenvalue weighted by Crippen LogP contribution is -2.53. The van der Waals surface area contributed by atoms with Crippen LogP contribution in [0.25, 0.3) is 0 Å². The molecule has 1 aliphatic heterocycles. The van der Waals surface area contributed by atoms with Crippen LogP contribution >= 0.6 is 0 Å². The van der Waals surface area contributed by atoms with Crippen molar-refractivity contribution in [2.75, 3.05) is 19.8 Å². The Labute approximate surface area is 128 Å². The van der Waals surface area contributed by atoms with Crippen LogP contribution in [0.3, 0.4) is 0 Å². The van der Waals surface area contributed by atoms with Crippen molar-refractivity contribution in [3.05, 3.63) is 0 Å². The topological polar surface area (TPSA) is 40.2 Å². The van der Waals surface area contributed by atoms with Crippen LogP contribution in [-0.4, -0.2) is 40.8 Å². The smallest absolute Gasteiger partial charge is 0.374 e. The molecule has 4 rings (SSSR count). The lowest BCUT2D eigenvalue weighted by Gasteiger charge is -2.41. The van der Waals surface area contributed by atoms with Gasteiger partial charge in [0.15, 0.2) is 0 Å². The first kappa shape index (κ1) is 14.6. The Morgan fingerprint density at radius 2 is 1.57 bits per heavy atom. The summed E-state index contributed by atoms with van der Waals surface area (Å²) in [5.41, 5.74) is 0.506. The third-order valence-corrected chi connectivity index (χ3v) is 9.88. The van der Waals surface area contributed by atoms with E-state index in [9.17, 15) is 0 Å². The molecule has 0 aromatic carbocycles. The minimum atomic E-state index is -2.54. The van der Waals surface area contributed by atoms with E-state index in [-0.39, 0.29) is 0 Å². The zero-order chi connectivity index (χ0) is 14.6. The number of rotatable bonds is 7. The van der Waals surface area contributed by atoms with E-state index in [1.807, 2.05) is 0 Å². The van der Waals surface area contributed by atoms with Gasteiger partial charge in [-0.15, -0.1) is 0 Å². The SMILES string of the molecule is CCO[Si](OCC)(OCC)C1CC2CC1C1C2CC2OC21. The molecular formula is C16H28O4Si. The number of epoxide rings is 1. The Morgan fingerprint density at radius 3 is 2.19 bits per heavy atom. The molecule has 3 saturated carbocycles. The first-order valence-corrected chi connectivity index (χ1v) is 10.6. The van der Waals surface area contributed by atoms with Crippen LogP contribution in [0.2, 0.25) is 5.54 Å². The van der Waals surface area contributed by atoms with Crippen LogP contribution in [-0.2, 0) is 18.0 Å². The number of ether oxygens (including phenoxy) is 1. The molecule has 0 aromatic heterocycles. The summed E-state index contributed by atoms with van der Waals surface area (Å²) in [6.07, 6.45) is 5.08. The van der Waals surface area contributed by atoms with Crippen molar-refractivity contribution in [1.29, 1.82) is 0 Å². The van der Waals surface area contributed by atoms with E-state index in [2.05, 4.69) is 20.8 Å². The molecule has 3 aliphatic carbocycles. The zero-order valence-electron chi connectivity index (χ0n) is 13.4. The zero-order valence-corrected chi connectivity index (χ0v) is 14.4. The average Bonchev–Trinajstić information content (AvgIpc) is 2.86. The van der Waals surface area contributed by atoms with Gasteiger partial charge in [-0.1, -0.05) is 0 Å². The Kier molecular flexibility index (Phi) is 3.70. The summed E-state index contributed by atoms with van der Waals surface area (Å²) in [7, 11) is -2.54. The predicted octanol–water partition coefficient (Wildman–Crippen LogP) is 2.85. The van der Waals surface area contributed by atoms with Crippen molar-refractivity contribution in [2.24, 2.45) is 23.7 Å². The maximum Gasteiger partial charge on any atom is 0.504 e. The van der Waals surface area contributed by atoms with Gasteiger partial charge in [0.25, 0.3) is 0 Å². The van der Waals surface area contributed by atoms with Gasteiger partial charge in [-0.2, -0.15) is 0 Å². The van der Waals surface area contributed by atoms with Crippen molar-refractivity contribution in [2.45, 2.75) is 57.8 Å². The van der Waals surface area contributed by atoms with Crippen molar-refractivity contribution in [1.82, 2.24) is 0 Å². The largest absolute Gasteiger partial charge is 0.504 e. The van der Waals surface area contributed by atoms with E-state index < -0.39 is 8.80 Å². The van der Waals surface area contributed by atoms with Crippen LogP contribution < -0.4 is 0 Å². The van der Waals surface area contributed by atoms with Crippen molar-refractivity contribution in [3.63, 3.8) is 0 Å². The first-order chi connectivity index (χ1) is 10.2. The van der Waals surface area contributed by atoms with Gasteiger partial charge < -0.3 is 18.0 Å². The van der Waals surface area contributed by atoms with Gasteiger partial charge in [0.05, 0.1) is 12.2 Å². The third kappa shape index (κ3) is 2.08. The van der Waals surface area contributed by atoms with Gasteiger partial charge in [0.1, 0.15) is 0 Å². The van der Waals surface area contributed by atoms with Gasteiger partial charge in [-0.25, -0.2) is 0 Å². The molecule has 5 heteroatoms. The number of hydrogen-bond acceptors (Lipinski definition) is 4. The first-order valence-electron chi connectivity index (χ1n) is 8.81. The Bertz CT molecular complexity index is 387. The summed E-state index contributed by atoms with van der Waals surface area (Å²) in [5.74, 6) is 3.28. The second-order valence-corrected chi connectivity index (χ2v) is 9.84. The molecule has 0 radical (unpaired) electrons. The lowest BCUT2D eigenvalue weighted by molar-refractivity contribution is 0.0405. The molecule has 7 unspecified atom stereocenters. The molecule has 4 fully saturated rings. The normalized spacial score (nSPS) is 46.7. The molecule has 1 saturated heterocycles. The van der Waals surface area contributed by atoms with E-state index in [0.29, 0.717) is 43.5 Å². The molecule has 7 atom stereocenters. The predicted molar refractivity (Wildman–Crippen MR) is 80.9 cm³/mol. The Morgan fingerprint density at radius 1 is 0.905 bits per heavy atom. The van der Waals surface area contributed by atoms with Gasteiger partial charge in [-0.3, -0.25) is 0 Å². The fourth-order valence-corrected chi connectivity index (χ4v) is 9.34. The average molecular weight is 312 g/mol.